The Balaban J connectivity index is 1.59. The SMILES string of the molecule is CC[C@H](C)NC(=O)[C@@H](NC(=O)c1ccccc1)C1CCN(C(=O)CCc2ccccc2)CC1. The Hall–Kier alpha value is -3.15. The topological polar surface area (TPSA) is 78.5 Å². The van der Waals surface area contributed by atoms with E-state index >= 15 is 0 Å². The van der Waals surface area contributed by atoms with E-state index < -0.39 is 6.04 Å². The Morgan fingerprint density at radius 1 is 0.939 bits per heavy atom. The molecule has 1 aliphatic heterocycles. The van der Waals surface area contributed by atoms with Crippen molar-refractivity contribution in [2.24, 2.45) is 5.92 Å². The summed E-state index contributed by atoms with van der Waals surface area (Å²) in [4.78, 5) is 40.4. The fourth-order valence-corrected chi connectivity index (χ4v) is 4.18. The van der Waals surface area contributed by atoms with Gasteiger partial charge < -0.3 is 15.5 Å². The van der Waals surface area contributed by atoms with Crippen LogP contribution in [0.25, 0.3) is 0 Å². The van der Waals surface area contributed by atoms with Crippen LogP contribution in [0.1, 0.15) is 55.5 Å². The van der Waals surface area contributed by atoms with Gasteiger partial charge in [-0.3, -0.25) is 14.4 Å². The van der Waals surface area contributed by atoms with Crippen molar-refractivity contribution in [3.63, 3.8) is 0 Å². The molecule has 2 aromatic carbocycles. The number of nitrogens with one attached hydrogen (secondary N) is 2. The van der Waals surface area contributed by atoms with Crippen LogP contribution in [0.2, 0.25) is 0 Å². The largest absolute Gasteiger partial charge is 0.352 e. The van der Waals surface area contributed by atoms with Gasteiger partial charge in [-0.15, -0.1) is 0 Å². The number of hydrogen-bond donors (Lipinski definition) is 2. The summed E-state index contributed by atoms with van der Waals surface area (Å²) in [5.74, 6) is -0.269. The summed E-state index contributed by atoms with van der Waals surface area (Å²) >= 11 is 0. The lowest BCUT2D eigenvalue weighted by molar-refractivity contribution is -0.133. The number of likely N-dealkylation sites (tertiary alicyclic amines) is 1. The Labute approximate surface area is 196 Å². The molecular formula is C27H35N3O3. The van der Waals surface area contributed by atoms with Crippen LogP contribution in [0.4, 0.5) is 0 Å². The molecule has 1 heterocycles. The molecule has 176 valence electrons. The van der Waals surface area contributed by atoms with E-state index in [4.69, 9.17) is 0 Å². The molecule has 0 radical (unpaired) electrons. The first-order valence-electron chi connectivity index (χ1n) is 12.0. The average molecular weight is 450 g/mol. The van der Waals surface area contributed by atoms with Crippen LogP contribution >= 0.6 is 0 Å². The molecule has 0 saturated carbocycles. The van der Waals surface area contributed by atoms with Gasteiger partial charge >= 0.3 is 0 Å². The number of rotatable bonds is 9. The van der Waals surface area contributed by atoms with Crippen LogP contribution in [-0.2, 0) is 16.0 Å². The summed E-state index contributed by atoms with van der Waals surface area (Å²) in [5.41, 5.74) is 1.69. The van der Waals surface area contributed by atoms with Crippen LogP contribution in [0.3, 0.4) is 0 Å². The minimum Gasteiger partial charge on any atom is -0.352 e. The quantitative estimate of drug-likeness (QED) is 0.614. The molecule has 3 rings (SSSR count). The zero-order valence-corrected chi connectivity index (χ0v) is 19.6. The third kappa shape index (κ3) is 7.17. The normalized spacial score (nSPS) is 16.0. The highest BCUT2D eigenvalue weighted by atomic mass is 16.2. The third-order valence-electron chi connectivity index (χ3n) is 6.44. The zero-order chi connectivity index (χ0) is 23.6. The highest BCUT2D eigenvalue weighted by Crippen LogP contribution is 2.23. The van der Waals surface area contributed by atoms with E-state index in [9.17, 15) is 14.4 Å². The second-order valence-electron chi connectivity index (χ2n) is 8.84. The van der Waals surface area contributed by atoms with Gasteiger partial charge in [0.25, 0.3) is 5.91 Å². The van der Waals surface area contributed by atoms with Gasteiger partial charge in [0.15, 0.2) is 0 Å². The van der Waals surface area contributed by atoms with E-state index in [1.165, 1.54) is 0 Å². The second kappa shape index (κ2) is 12.2. The van der Waals surface area contributed by atoms with Gasteiger partial charge in [0.1, 0.15) is 6.04 Å². The minimum absolute atomic E-state index is 0.0140. The second-order valence-corrected chi connectivity index (χ2v) is 8.84. The number of hydrogen-bond acceptors (Lipinski definition) is 3. The molecule has 0 unspecified atom stereocenters. The van der Waals surface area contributed by atoms with Gasteiger partial charge in [0.05, 0.1) is 0 Å². The summed E-state index contributed by atoms with van der Waals surface area (Å²) in [6.07, 6.45) is 3.40. The minimum atomic E-state index is -0.617. The molecule has 33 heavy (non-hydrogen) atoms. The van der Waals surface area contributed by atoms with Crippen molar-refractivity contribution in [1.82, 2.24) is 15.5 Å². The van der Waals surface area contributed by atoms with Crippen molar-refractivity contribution in [2.45, 2.75) is 58.0 Å². The van der Waals surface area contributed by atoms with E-state index in [0.717, 1.165) is 18.4 Å². The molecule has 0 bridgehead atoms. The Bertz CT molecular complexity index is 909. The smallest absolute Gasteiger partial charge is 0.251 e. The van der Waals surface area contributed by atoms with Gasteiger partial charge in [-0.25, -0.2) is 0 Å². The third-order valence-corrected chi connectivity index (χ3v) is 6.44. The highest BCUT2D eigenvalue weighted by Gasteiger charge is 2.34. The van der Waals surface area contributed by atoms with Gasteiger partial charge in [-0.05, 0) is 56.2 Å². The van der Waals surface area contributed by atoms with E-state index in [2.05, 4.69) is 10.6 Å². The summed E-state index contributed by atoms with van der Waals surface area (Å²) in [7, 11) is 0. The summed E-state index contributed by atoms with van der Waals surface area (Å²) in [6, 6.07) is 18.4. The maximum absolute atomic E-state index is 13.0. The standard InChI is InChI=1S/C27H35N3O3/c1-3-20(2)28-27(33)25(29-26(32)23-12-8-5-9-13-23)22-16-18-30(19-17-22)24(31)15-14-21-10-6-4-7-11-21/h4-13,20,22,25H,3,14-19H2,1-2H3,(H,28,33)(H,29,32)/t20-,25-/m0/s1. The zero-order valence-electron chi connectivity index (χ0n) is 19.6. The van der Waals surface area contributed by atoms with Crippen molar-refractivity contribution in [3.05, 3.63) is 71.8 Å². The van der Waals surface area contributed by atoms with Crippen molar-refractivity contribution >= 4 is 17.7 Å². The molecule has 3 amide bonds. The van der Waals surface area contributed by atoms with Crippen molar-refractivity contribution in [2.75, 3.05) is 13.1 Å². The van der Waals surface area contributed by atoms with Crippen molar-refractivity contribution in [1.29, 1.82) is 0 Å². The lowest BCUT2D eigenvalue weighted by Gasteiger charge is -2.36. The Morgan fingerprint density at radius 2 is 1.55 bits per heavy atom. The number of nitrogens with zero attached hydrogens (tertiary/aromatic N) is 1. The van der Waals surface area contributed by atoms with Crippen molar-refractivity contribution < 1.29 is 14.4 Å². The first-order chi connectivity index (χ1) is 16.0. The lowest BCUT2D eigenvalue weighted by Crippen LogP contribution is -2.55. The first-order valence-corrected chi connectivity index (χ1v) is 12.0. The molecule has 2 aromatic rings. The number of benzene rings is 2. The maximum atomic E-state index is 13.0. The van der Waals surface area contributed by atoms with E-state index in [0.29, 0.717) is 37.9 Å². The highest BCUT2D eigenvalue weighted by molar-refractivity contribution is 5.97. The predicted octanol–water partition coefficient (Wildman–Crippen LogP) is 3.57. The maximum Gasteiger partial charge on any atom is 0.251 e. The van der Waals surface area contributed by atoms with Crippen LogP contribution in [0.5, 0.6) is 0 Å². The number of carbonyl (C=O) groups excluding carboxylic acids is 3. The van der Waals surface area contributed by atoms with Crippen LogP contribution < -0.4 is 10.6 Å². The van der Waals surface area contributed by atoms with Crippen LogP contribution in [-0.4, -0.2) is 47.8 Å². The number of aryl methyl sites for hydroxylation is 1. The van der Waals surface area contributed by atoms with Crippen LogP contribution in [0, 0.1) is 5.92 Å². The fourth-order valence-electron chi connectivity index (χ4n) is 4.18. The molecule has 6 nitrogen and oxygen atoms in total. The van der Waals surface area contributed by atoms with Crippen LogP contribution in [0.15, 0.2) is 60.7 Å². The van der Waals surface area contributed by atoms with Crippen molar-refractivity contribution in [3.8, 4) is 0 Å². The molecule has 0 spiro atoms. The van der Waals surface area contributed by atoms with Gasteiger partial charge in [-0.1, -0.05) is 55.5 Å². The summed E-state index contributed by atoms with van der Waals surface area (Å²) < 4.78 is 0. The molecule has 1 aliphatic rings. The molecule has 0 aromatic heterocycles. The Kier molecular flexibility index (Phi) is 9.04. The van der Waals surface area contributed by atoms with Gasteiger partial charge in [0, 0.05) is 31.1 Å². The molecule has 6 heteroatoms. The molecule has 0 aliphatic carbocycles. The number of amides is 3. The fraction of sp³-hybridized carbons (Fsp3) is 0.444. The first kappa shape index (κ1) is 24.5. The van der Waals surface area contributed by atoms with E-state index in [1.807, 2.05) is 67.3 Å². The predicted molar refractivity (Wildman–Crippen MR) is 130 cm³/mol. The molecule has 1 saturated heterocycles. The summed E-state index contributed by atoms with van der Waals surface area (Å²) in [6.45, 7) is 5.18. The van der Waals surface area contributed by atoms with Gasteiger partial charge in [0.2, 0.25) is 11.8 Å². The monoisotopic (exact) mass is 449 g/mol. The number of piperidine rings is 1. The van der Waals surface area contributed by atoms with Gasteiger partial charge in [-0.2, -0.15) is 0 Å². The summed E-state index contributed by atoms with van der Waals surface area (Å²) in [5, 5.41) is 5.99. The van der Waals surface area contributed by atoms with E-state index in [1.54, 1.807) is 12.1 Å². The lowest BCUT2D eigenvalue weighted by atomic mass is 9.88. The molecule has 1 fully saturated rings. The number of carbonyl (C=O) groups is 3. The Morgan fingerprint density at radius 3 is 2.15 bits per heavy atom. The average Bonchev–Trinajstić information content (AvgIpc) is 2.86. The molecular weight excluding hydrogens is 414 g/mol. The molecule has 2 atom stereocenters. The van der Waals surface area contributed by atoms with E-state index in [-0.39, 0.29) is 29.7 Å². The molecule has 2 N–H and O–H groups in total.